The van der Waals surface area contributed by atoms with Crippen LogP contribution in [0.25, 0.3) is 0 Å². The van der Waals surface area contributed by atoms with Gasteiger partial charge in [0, 0.05) is 12.6 Å². The fourth-order valence-electron chi connectivity index (χ4n) is 0.989. The van der Waals surface area contributed by atoms with E-state index in [0.717, 1.165) is 5.56 Å². The minimum Gasteiger partial charge on any atom is -0.494 e. The molecule has 2 N–H and O–H groups in total. The molecule has 1 aromatic carbocycles. The van der Waals surface area contributed by atoms with Gasteiger partial charge in [-0.05, 0) is 24.6 Å². The van der Waals surface area contributed by atoms with Gasteiger partial charge in [-0.15, -0.1) is 0 Å². The van der Waals surface area contributed by atoms with Crippen molar-refractivity contribution >= 4 is 0 Å². The molecule has 3 heteroatoms. The molecule has 0 saturated heterocycles. The molecule has 0 atom stereocenters. The van der Waals surface area contributed by atoms with E-state index in [0.29, 0.717) is 18.9 Å². The molecule has 0 unspecified atom stereocenters. The van der Waals surface area contributed by atoms with Gasteiger partial charge in [-0.2, -0.15) is 0 Å². The van der Waals surface area contributed by atoms with Gasteiger partial charge < -0.3 is 10.5 Å². The molecule has 0 spiro atoms. The van der Waals surface area contributed by atoms with E-state index in [1.807, 2.05) is 6.92 Å². The largest absolute Gasteiger partial charge is 0.494 e. The molecule has 0 aromatic heterocycles. The summed E-state index contributed by atoms with van der Waals surface area (Å²) in [5.41, 5.74) is 6.11. The Hall–Kier alpha value is -1.09. The maximum atomic E-state index is 12.8. The SMILES string of the molecule is CCOc1cc(F)cc(CN)c1. The molecule has 1 rings (SSSR count). The third-order valence-corrected chi connectivity index (χ3v) is 1.48. The van der Waals surface area contributed by atoms with E-state index >= 15 is 0 Å². The molecule has 0 saturated carbocycles. The van der Waals surface area contributed by atoms with Crippen LogP contribution in [0.15, 0.2) is 18.2 Å². The van der Waals surface area contributed by atoms with Crippen LogP contribution in [0, 0.1) is 5.82 Å². The van der Waals surface area contributed by atoms with Crippen LogP contribution >= 0.6 is 0 Å². The lowest BCUT2D eigenvalue weighted by atomic mass is 10.2. The molecule has 0 aliphatic heterocycles. The molecule has 1 aromatic rings. The van der Waals surface area contributed by atoms with Crippen molar-refractivity contribution in [3.05, 3.63) is 29.6 Å². The minimum atomic E-state index is -0.304. The van der Waals surface area contributed by atoms with Crippen molar-refractivity contribution in [2.75, 3.05) is 6.61 Å². The Kier molecular flexibility index (Phi) is 3.05. The molecular formula is C9H12FNO. The van der Waals surface area contributed by atoms with Gasteiger partial charge in [0.15, 0.2) is 0 Å². The fraction of sp³-hybridized carbons (Fsp3) is 0.333. The standard InChI is InChI=1S/C9H12FNO/c1-2-12-9-4-7(6-11)3-8(10)5-9/h3-5H,2,6,11H2,1H3. The summed E-state index contributed by atoms with van der Waals surface area (Å²) < 4.78 is 17.9. The lowest BCUT2D eigenvalue weighted by molar-refractivity contribution is 0.338. The molecule has 0 radical (unpaired) electrons. The minimum absolute atomic E-state index is 0.304. The fourth-order valence-corrected chi connectivity index (χ4v) is 0.989. The summed E-state index contributed by atoms with van der Waals surface area (Å²) in [5.74, 6) is 0.236. The monoisotopic (exact) mass is 169 g/mol. The second-order valence-corrected chi connectivity index (χ2v) is 2.43. The molecular weight excluding hydrogens is 157 g/mol. The van der Waals surface area contributed by atoms with Gasteiger partial charge in [-0.25, -0.2) is 4.39 Å². The first-order valence-electron chi connectivity index (χ1n) is 3.88. The molecule has 12 heavy (non-hydrogen) atoms. The molecule has 0 aliphatic rings. The molecule has 0 fully saturated rings. The highest BCUT2D eigenvalue weighted by atomic mass is 19.1. The summed E-state index contributed by atoms with van der Waals surface area (Å²) in [7, 11) is 0. The number of benzene rings is 1. The van der Waals surface area contributed by atoms with E-state index in [1.54, 1.807) is 6.07 Å². The third-order valence-electron chi connectivity index (χ3n) is 1.48. The number of hydrogen-bond donors (Lipinski definition) is 1. The summed E-state index contributed by atoms with van der Waals surface area (Å²) in [6.07, 6.45) is 0. The van der Waals surface area contributed by atoms with Crippen molar-refractivity contribution in [2.45, 2.75) is 13.5 Å². The number of hydrogen-bond acceptors (Lipinski definition) is 2. The van der Waals surface area contributed by atoms with Gasteiger partial charge in [0.25, 0.3) is 0 Å². The summed E-state index contributed by atoms with van der Waals surface area (Å²) in [6, 6.07) is 4.50. The lowest BCUT2D eigenvalue weighted by Crippen LogP contribution is -1.99. The first-order valence-corrected chi connectivity index (χ1v) is 3.88. The predicted molar refractivity (Wildman–Crippen MR) is 45.5 cm³/mol. The molecule has 2 nitrogen and oxygen atoms in total. The smallest absolute Gasteiger partial charge is 0.127 e. The van der Waals surface area contributed by atoms with Crippen LogP contribution in [0.5, 0.6) is 5.75 Å². The van der Waals surface area contributed by atoms with Gasteiger partial charge in [0.05, 0.1) is 6.61 Å². The van der Waals surface area contributed by atoms with Crippen LogP contribution in [-0.4, -0.2) is 6.61 Å². The number of rotatable bonds is 3. The van der Waals surface area contributed by atoms with Crippen LogP contribution in [0.4, 0.5) is 4.39 Å². The van der Waals surface area contributed by atoms with Crippen molar-refractivity contribution in [3.8, 4) is 5.75 Å². The Balaban J connectivity index is 2.90. The van der Waals surface area contributed by atoms with Crippen LogP contribution in [-0.2, 0) is 6.54 Å². The van der Waals surface area contributed by atoms with Crippen molar-refractivity contribution in [2.24, 2.45) is 5.73 Å². The van der Waals surface area contributed by atoms with Crippen molar-refractivity contribution in [1.82, 2.24) is 0 Å². The van der Waals surface area contributed by atoms with E-state index in [-0.39, 0.29) is 5.82 Å². The Bertz CT molecular complexity index is 263. The van der Waals surface area contributed by atoms with E-state index < -0.39 is 0 Å². The van der Waals surface area contributed by atoms with Gasteiger partial charge >= 0.3 is 0 Å². The van der Waals surface area contributed by atoms with E-state index in [1.165, 1.54) is 12.1 Å². The van der Waals surface area contributed by atoms with Gasteiger partial charge in [0.2, 0.25) is 0 Å². The van der Waals surface area contributed by atoms with Crippen LogP contribution in [0.1, 0.15) is 12.5 Å². The maximum Gasteiger partial charge on any atom is 0.127 e. The molecule has 66 valence electrons. The van der Waals surface area contributed by atoms with E-state index in [4.69, 9.17) is 10.5 Å². The quantitative estimate of drug-likeness (QED) is 0.747. The highest BCUT2D eigenvalue weighted by molar-refractivity contribution is 5.29. The van der Waals surface area contributed by atoms with Gasteiger partial charge in [-0.1, -0.05) is 0 Å². The predicted octanol–water partition coefficient (Wildman–Crippen LogP) is 1.68. The van der Waals surface area contributed by atoms with Gasteiger partial charge in [0.1, 0.15) is 11.6 Å². The highest BCUT2D eigenvalue weighted by Gasteiger charge is 1.99. The second-order valence-electron chi connectivity index (χ2n) is 2.43. The normalized spacial score (nSPS) is 9.92. The van der Waals surface area contributed by atoms with Crippen molar-refractivity contribution < 1.29 is 9.13 Å². The third kappa shape index (κ3) is 2.20. The zero-order valence-corrected chi connectivity index (χ0v) is 7.01. The van der Waals surface area contributed by atoms with Crippen LogP contribution in [0.3, 0.4) is 0 Å². The second kappa shape index (κ2) is 4.07. The number of halogens is 1. The topological polar surface area (TPSA) is 35.2 Å². The Morgan fingerprint density at radius 3 is 2.75 bits per heavy atom. The summed E-state index contributed by atoms with van der Waals surface area (Å²) in [6.45, 7) is 2.72. The average molecular weight is 169 g/mol. The first kappa shape index (κ1) is 9.00. The highest BCUT2D eigenvalue weighted by Crippen LogP contribution is 2.15. The van der Waals surface area contributed by atoms with E-state index in [9.17, 15) is 4.39 Å². The molecule has 0 bridgehead atoms. The number of nitrogens with two attached hydrogens (primary N) is 1. The first-order chi connectivity index (χ1) is 5.76. The number of ether oxygens (including phenoxy) is 1. The lowest BCUT2D eigenvalue weighted by Gasteiger charge is -2.04. The summed E-state index contributed by atoms with van der Waals surface area (Å²) >= 11 is 0. The Morgan fingerprint density at radius 2 is 2.17 bits per heavy atom. The molecule has 0 heterocycles. The Morgan fingerprint density at radius 1 is 1.42 bits per heavy atom. The zero-order chi connectivity index (χ0) is 8.97. The zero-order valence-electron chi connectivity index (χ0n) is 7.01. The maximum absolute atomic E-state index is 12.8. The van der Waals surface area contributed by atoms with Crippen molar-refractivity contribution in [3.63, 3.8) is 0 Å². The van der Waals surface area contributed by atoms with Crippen molar-refractivity contribution in [1.29, 1.82) is 0 Å². The average Bonchev–Trinajstić information content (AvgIpc) is 2.04. The molecule has 0 aliphatic carbocycles. The Labute approximate surface area is 71.1 Å². The summed E-state index contributed by atoms with van der Waals surface area (Å²) in [5, 5.41) is 0. The van der Waals surface area contributed by atoms with E-state index in [2.05, 4.69) is 0 Å². The van der Waals surface area contributed by atoms with Crippen LogP contribution in [0.2, 0.25) is 0 Å². The molecule has 0 amide bonds. The van der Waals surface area contributed by atoms with Crippen LogP contribution < -0.4 is 10.5 Å². The summed E-state index contributed by atoms with van der Waals surface area (Å²) in [4.78, 5) is 0. The van der Waals surface area contributed by atoms with Gasteiger partial charge in [-0.3, -0.25) is 0 Å².